The zero-order valence-corrected chi connectivity index (χ0v) is 14.7. The van der Waals surface area contributed by atoms with E-state index < -0.39 is 0 Å². The summed E-state index contributed by atoms with van der Waals surface area (Å²) in [6, 6.07) is 11.9. The number of amides is 1. The highest BCUT2D eigenvalue weighted by Gasteiger charge is 2.42. The third-order valence-electron chi connectivity index (χ3n) is 6.21. The molecule has 4 heteroatoms. The van der Waals surface area contributed by atoms with E-state index in [9.17, 15) is 4.79 Å². The predicted molar refractivity (Wildman–Crippen MR) is 95.6 cm³/mol. The molecule has 0 aromatic heterocycles. The third kappa shape index (κ3) is 3.09. The van der Waals surface area contributed by atoms with Crippen molar-refractivity contribution in [2.75, 3.05) is 26.2 Å². The largest absolute Gasteiger partial charge is 0.337 e. The van der Waals surface area contributed by atoms with E-state index in [4.69, 9.17) is 0 Å². The molecule has 0 radical (unpaired) electrons. The number of carbonyl (C=O) groups is 1. The summed E-state index contributed by atoms with van der Waals surface area (Å²) in [5.74, 6) is 0.371. The van der Waals surface area contributed by atoms with Crippen LogP contribution in [0.1, 0.15) is 38.2 Å². The molecule has 0 spiro atoms. The second-order valence-corrected chi connectivity index (χ2v) is 7.69. The Hall–Kier alpha value is -1.39. The van der Waals surface area contributed by atoms with Crippen molar-refractivity contribution in [1.29, 1.82) is 0 Å². The molecule has 4 rings (SSSR count). The van der Waals surface area contributed by atoms with Gasteiger partial charge in [0.25, 0.3) is 0 Å². The molecular formula is C20H29N3O. The van der Waals surface area contributed by atoms with Crippen LogP contribution in [0.2, 0.25) is 0 Å². The fraction of sp³-hybridized carbons (Fsp3) is 0.650. The summed E-state index contributed by atoms with van der Waals surface area (Å²) in [6.07, 6.45) is 4.77. The molecule has 0 N–H and O–H groups in total. The summed E-state index contributed by atoms with van der Waals surface area (Å²) >= 11 is 0. The zero-order chi connectivity index (χ0) is 16.5. The maximum absolute atomic E-state index is 12.6. The Morgan fingerprint density at radius 3 is 2.50 bits per heavy atom. The number of benzene rings is 1. The maximum Gasteiger partial charge on any atom is 0.239 e. The van der Waals surface area contributed by atoms with Crippen LogP contribution in [0.25, 0.3) is 0 Å². The van der Waals surface area contributed by atoms with E-state index >= 15 is 0 Å². The summed E-state index contributed by atoms with van der Waals surface area (Å²) < 4.78 is 0. The zero-order valence-electron chi connectivity index (χ0n) is 14.7. The molecule has 3 saturated heterocycles. The van der Waals surface area contributed by atoms with E-state index in [0.717, 1.165) is 32.7 Å². The number of nitrogens with zero attached hydrogens (tertiary/aromatic N) is 3. The van der Waals surface area contributed by atoms with Gasteiger partial charge >= 0.3 is 0 Å². The second-order valence-electron chi connectivity index (χ2n) is 7.69. The van der Waals surface area contributed by atoms with Gasteiger partial charge in [0.15, 0.2) is 0 Å². The SMILES string of the molecule is C[C@@H]1C(=O)N2CCC[C@H]2CN1C1CCN(Cc2ccccc2)CC1. The lowest BCUT2D eigenvalue weighted by atomic mass is 9.97. The van der Waals surface area contributed by atoms with Crippen molar-refractivity contribution in [3.05, 3.63) is 35.9 Å². The van der Waals surface area contributed by atoms with E-state index in [2.05, 4.69) is 52.0 Å². The van der Waals surface area contributed by atoms with Crippen LogP contribution in [0.15, 0.2) is 30.3 Å². The normalized spacial score (nSPS) is 29.9. The first kappa shape index (κ1) is 16.1. The number of hydrogen-bond acceptors (Lipinski definition) is 3. The van der Waals surface area contributed by atoms with Gasteiger partial charge in [-0.15, -0.1) is 0 Å². The monoisotopic (exact) mass is 327 g/mol. The minimum Gasteiger partial charge on any atom is -0.337 e. The number of likely N-dealkylation sites (tertiary alicyclic amines) is 1. The quantitative estimate of drug-likeness (QED) is 0.853. The van der Waals surface area contributed by atoms with Crippen molar-refractivity contribution < 1.29 is 4.79 Å². The fourth-order valence-electron chi connectivity index (χ4n) is 4.81. The van der Waals surface area contributed by atoms with Crippen molar-refractivity contribution in [1.82, 2.24) is 14.7 Å². The van der Waals surface area contributed by atoms with Crippen molar-refractivity contribution in [3.63, 3.8) is 0 Å². The standard InChI is InChI=1S/C20H29N3O/c1-16-20(24)22-11-5-8-19(22)15-23(16)18-9-12-21(13-10-18)14-17-6-3-2-4-7-17/h2-4,6-7,16,18-19H,5,8-15H2,1H3/t16-,19+/m1/s1. The molecule has 3 aliphatic rings. The van der Waals surface area contributed by atoms with Crippen molar-refractivity contribution in [2.24, 2.45) is 0 Å². The van der Waals surface area contributed by atoms with E-state index in [1.165, 1.54) is 31.2 Å². The number of piperazine rings is 1. The van der Waals surface area contributed by atoms with Crippen LogP contribution in [0, 0.1) is 0 Å². The summed E-state index contributed by atoms with van der Waals surface area (Å²) in [7, 11) is 0. The summed E-state index contributed by atoms with van der Waals surface area (Å²) in [5.41, 5.74) is 1.40. The molecule has 1 aromatic rings. The lowest BCUT2D eigenvalue weighted by Gasteiger charge is -2.47. The number of rotatable bonds is 3. The number of fused-ring (bicyclic) bond motifs is 1. The number of piperidine rings is 1. The van der Waals surface area contributed by atoms with Gasteiger partial charge in [-0.2, -0.15) is 0 Å². The second kappa shape index (κ2) is 6.85. The van der Waals surface area contributed by atoms with Crippen LogP contribution in [-0.4, -0.2) is 64.9 Å². The lowest BCUT2D eigenvalue weighted by Crippen LogP contribution is -2.62. The molecule has 1 aromatic carbocycles. The average molecular weight is 327 g/mol. The van der Waals surface area contributed by atoms with Crippen LogP contribution >= 0.6 is 0 Å². The predicted octanol–water partition coefficient (Wildman–Crippen LogP) is 2.35. The summed E-state index contributed by atoms with van der Waals surface area (Å²) in [4.78, 5) is 19.9. The van der Waals surface area contributed by atoms with Gasteiger partial charge in [-0.05, 0) is 51.3 Å². The van der Waals surface area contributed by atoms with Crippen LogP contribution in [0.4, 0.5) is 0 Å². The topological polar surface area (TPSA) is 26.8 Å². The van der Waals surface area contributed by atoms with E-state index in [-0.39, 0.29) is 6.04 Å². The molecule has 0 bridgehead atoms. The highest BCUT2D eigenvalue weighted by molar-refractivity contribution is 5.83. The molecule has 1 amide bonds. The first-order chi connectivity index (χ1) is 11.7. The van der Waals surface area contributed by atoms with Gasteiger partial charge in [0.2, 0.25) is 5.91 Å². The Bertz CT molecular complexity index is 568. The minimum absolute atomic E-state index is 0.0741. The third-order valence-corrected chi connectivity index (χ3v) is 6.21. The number of carbonyl (C=O) groups excluding carboxylic acids is 1. The fourth-order valence-corrected chi connectivity index (χ4v) is 4.81. The van der Waals surface area contributed by atoms with Gasteiger partial charge in [0.05, 0.1) is 6.04 Å². The van der Waals surface area contributed by atoms with Crippen LogP contribution < -0.4 is 0 Å². The molecule has 24 heavy (non-hydrogen) atoms. The first-order valence-corrected chi connectivity index (χ1v) is 9.55. The highest BCUT2D eigenvalue weighted by atomic mass is 16.2. The molecule has 3 aliphatic heterocycles. The van der Waals surface area contributed by atoms with E-state index in [1.54, 1.807) is 0 Å². The Labute approximate surface area is 145 Å². The average Bonchev–Trinajstić information content (AvgIpc) is 3.09. The Morgan fingerprint density at radius 2 is 1.75 bits per heavy atom. The highest BCUT2D eigenvalue weighted by Crippen LogP contribution is 2.30. The maximum atomic E-state index is 12.6. The van der Waals surface area contributed by atoms with Gasteiger partial charge in [-0.25, -0.2) is 0 Å². The molecule has 0 saturated carbocycles. The van der Waals surface area contributed by atoms with Gasteiger partial charge in [0, 0.05) is 31.7 Å². The Balaban J connectivity index is 1.34. The van der Waals surface area contributed by atoms with Gasteiger partial charge < -0.3 is 4.90 Å². The molecule has 0 aliphatic carbocycles. The van der Waals surface area contributed by atoms with Crippen LogP contribution in [-0.2, 0) is 11.3 Å². The minimum atomic E-state index is 0.0741. The van der Waals surface area contributed by atoms with Gasteiger partial charge in [-0.1, -0.05) is 30.3 Å². The summed E-state index contributed by atoms with van der Waals surface area (Å²) in [5, 5.41) is 0. The van der Waals surface area contributed by atoms with Crippen molar-refractivity contribution in [3.8, 4) is 0 Å². The smallest absolute Gasteiger partial charge is 0.239 e. The van der Waals surface area contributed by atoms with Crippen molar-refractivity contribution >= 4 is 5.91 Å². The molecular weight excluding hydrogens is 298 g/mol. The molecule has 3 heterocycles. The molecule has 130 valence electrons. The lowest BCUT2D eigenvalue weighted by molar-refractivity contribution is -0.145. The molecule has 2 atom stereocenters. The number of hydrogen-bond donors (Lipinski definition) is 0. The molecule has 3 fully saturated rings. The van der Waals surface area contributed by atoms with Crippen molar-refractivity contribution in [2.45, 2.75) is 57.3 Å². The van der Waals surface area contributed by atoms with E-state index in [0.29, 0.717) is 18.0 Å². The Morgan fingerprint density at radius 1 is 1.00 bits per heavy atom. The van der Waals surface area contributed by atoms with Crippen LogP contribution in [0.3, 0.4) is 0 Å². The Kier molecular flexibility index (Phi) is 4.59. The van der Waals surface area contributed by atoms with Crippen LogP contribution in [0.5, 0.6) is 0 Å². The molecule has 0 unspecified atom stereocenters. The van der Waals surface area contributed by atoms with E-state index in [1.807, 2.05) is 0 Å². The summed E-state index contributed by atoms with van der Waals surface area (Å²) in [6.45, 7) is 7.54. The van der Waals surface area contributed by atoms with Gasteiger partial charge in [-0.3, -0.25) is 14.6 Å². The first-order valence-electron chi connectivity index (χ1n) is 9.55. The molecule has 4 nitrogen and oxygen atoms in total. The van der Waals surface area contributed by atoms with Gasteiger partial charge in [0.1, 0.15) is 0 Å².